The molecule has 0 bridgehead atoms. The van der Waals surface area contributed by atoms with Gasteiger partial charge in [0.1, 0.15) is 0 Å². The van der Waals surface area contributed by atoms with Crippen molar-refractivity contribution < 1.29 is 5.11 Å². The molecular weight excluding hydrogens is 238 g/mol. The largest absolute Gasteiger partial charge is 0.391 e. The summed E-state index contributed by atoms with van der Waals surface area (Å²) in [6.07, 6.45) is 6.81. The standard InChI is InChI=1S/C15H25N3O/c1-3-12(16)13-9-8-11(10-17-13)18(2)14-6-4-5-7-15(14)19/h8-10,12,14-15,19H,3-7,16H2,1-2H3. The normalized spacial score (nSPS) is 25.1. The summed E-state index contributed by atoms with van der Waals surface area (Å²) in [6.45, 7) is 2.06. The maximum Gasteiger partial charge on any atom is 0.0743 e. The highest BCUT2D eigenvalue weighted by Gasteiger charge is 2.26. The van der Waals surface area contributed by atoms with Crippen LogP contribution in [0, 0.1) is 0 Å². The Bertz CT molecular complexity index is 393. The summed E-state index contributed by atoms with van der Waals surface area (Å²) in [5.41, 5.74) is 7.96. The Morgan fingerprint density at radius 3 is 2.74 bits per heavy atom. The van der Waals surface area contributed by atoms with Crippen molar-refractivity contribution in [1.82, 2.24) is 4.98 Å². The lowest BCUT2D eigenvalue weighted by atomic mass is 9.91. The van der Waals surface area contributed by atoms with E-state index in [9.17, 15) is 5.11 Å². The molecule has 0 amide bonds. The number of pyridine rings is 1. The molecule has 1 heterocycles. The number of nitrogens with zero attached hydrogens (tertiary/aromatic N) is 2. The molecule has 1 aromatic rings. The van der Waals surface area contributed by atoms with Crippen LogP contribution in [0.25, 0.3) is 0 Å². The molecule has 3 atom stereocenters. The third kappa shape index (κ3) is 3.25. The Kier molecular flexibility index (Phi) is 4.77. The molecule has 0 spiro atoms. The number of hydrogen-bond acceptors (Lipinski definition) is 4. The fourth-order valence-corrected chi connectivity index (χ4v) is 2.77. The van der Waals surface area contributed by atoms with Crippen LogP contribution in [0.4, 0.5) is 5.69 Å². The van der Waals surface area contributed by atoms with Gasteiger partial charge in [0.05, 0.1) is 29.7 Å². The summed E-state index contributed by atoms with van der Waals surface area (Å²) in [5.74, 6) is 0. The summed E-state index contributed by atoms with van der Waals surface area (Å²) in [5, 5.41) is 10.1. The Morgan fingerprint density at radius 2 is 2.16 bits per heavy atom. The fraction of sp³-hybridized carbons (Fsp3) is 0.667. The van der Waals surface area contributed by atoms with Gasteiger partial charge in [-0.05, 0) is 31.4 Å². The number of aromatic nitrogens is 1. The molecular formula is C15H25N3O. The first-order valence-electron chi connectivity index (χ1n) is 7.26. The third-order valence-corrected chi connectivity index (χ3v) is 4.19. The minimum atomic E-state index is -0.226. The van der Waals surface area contributed by atoms with E-state index in [2.05, 4.69) is 22.9 Å². The van der Waals surface area contributed by atoms with E-state index in [0.29, 0.717) is 0 Å². The van der Waals surface area contributed by atoms with Gasteiger partial charge in [0, 0.05) is 13.1 Å². The van der Waals surface area contributed by atoms with E-state index < -0.39 is 0 Å². The number of aliphatic hydroxyl groups is 1. The second kappa shape index (κ2) is 6.35. The molecule has 1 aliphatic rings. The molecule has 0 aromatic carbocycles. The maximum atomic E-state index is 10.1. The number of rotatable bonds is 4. The van der Waals surface area contributed by atoms with Gasteiger partial charge < -0.3 is 15.7 Å². The molecule has 3 N–H and O–H groups in total. The van der Waals surface area contributed by atoms with Crippen LogP contribution in [-0.4, -0.2) is 29.3 Å². The maximum absolute atomic E-state index is 10.1. The van der Waals surface area contributed by atoms with Crippen molar-refractivity contribution >= 4 is 5.69 Å². The van der Waals surface area contributed by atoms with Crippen LogP contribution in [0.3, 0.4) is 0 Å². The van der Waals surface area contributed by atoms with Gasteiger partial charge in [0.15, 0.2) is 0 Å². The van der Waals surface area contributed by atoms with Gasteiger partial charge in [-0.3, -0.25) is 4.98 Å². The number of anilines is 1. The minimum Gasteiger partial charge on any atom is -0.391 e. The van der Waals surface area contributed by atoms with Crippen LogP contribution < -0.4 is 10.6 Å². The third-order valence-electron chi connectivity index (χ3n) is 4.19. The van der Waals surface area contributed by atoms with Crippen molar-refractivity contribution in [2.24, 2.45) is 5.73 Å². The number of aliphatic hydroxyl groups excluding tert-OH is 1. The van der Waals surface area contributed by atoms with Crippen molar-refractivity contribution in [1.29, 1.82) is 0 Å². The SMILES string of the molecule is CCC(N)c1ccc(N(C)C2CCCCC2O)cn1. The predicted molar refractivity (Wildman–Crippen MR) is 78.1 cm³/mol. The van der Waals surface area contributed by atoms with Crippen LogP contribution in [0.2, 0.25) is 0 Å². The van der Waals surface area contributed by atoms with Gasteiger partial charge in [-0.25, -0.2) is 0 Å². The zero-order chi connectivity index (χ0) is 13.8. The zero-order valence-electron chi connectivity index (χ0n) is 11.9. The van der Waals surface area contributed by atoms with Crippen molar-refractivity contribution in [3.63, 3.8) is 0 Å². The molecule has 1 saturated carbocycles. The molecule has 0 saturated heterocycles. The van der Waals surface area contributed by atoms with Gasteiger partial charge in [-0.15, -0.1) is 0 Å². The molecule has 0 aliphatic heterocycles. The molecule has 4 nitrogen and oxygen atoms in total. The van der Waals surface area contributed by atoms with Crippen LogP contribution >= 0.6 is 0 Å². The Labute approximate surface area is 115 Å². The number of nitrogens with two attached hydrogens (primary N) is 1. The van der Waals surface area contributed by atoms with Gasteiger partial charge in [-0.2, -0.15) is 0 Å². The second-order valence-corrected chi connectivity index (χ2v) is 5.49. The van der Waals surface area contributed by atoms with E-state index in [4.69, 9.17) is 5.73 Å². The molecule has 1 fully saturated rings. The lowest BCUT2D eigenvalue weighted by Gasteiger charge is -2.36. The van der Waals surface area contributed by atoms with Gasteiger partial charge in [0.2, 0.25) is 0 Å². The van der Waals surface area contributed by atoms with Gasteiger partial charge in [-0.1, -0.05) is 19.8 Å². The highest BCUT2D eigenvalue weighted by molar-refractivity contribution is 5.45. The molecule has 4 heteroatoms. The van der Waals surface area contributed by atoms with E-state index in [1.807, 2.05) is 19.3 Å². The van der Waals surface area contributed by atoms with E-state index in [1.165, 1.54) is 6.42 Å². The zero-order valence-corrected chi connectivity index (χ0v) is 11.9. The molecule has 1 aliphatic carbocycles. The Balaban J connectivity index is 2.08. The topological polar surface area (TPSA) is 62.4 Å². The van der Waals surface area contributed by atoms with E-state index >= 15 is 0 Å². The summed E-state index contributed by atoms with van der Waals surface area (Å²) in [4.78, 5) is 6.59. The quantitative estimate of drug-likeness (QED) is 0.874. The molecule has 0 radical (unpaired) electrons. The predicted octanol–water partition coefficient (Wildman–Crippen LogP) is 2.23. The van der Waals surface area contributed by atoms with Crippen LogP contribution in [0.15, 0.2) is 18.3 Å². The first-order valence-corrected chi connectivity index (χ1v) is 7.26. The number of hydrogen-bond donors (Lipinski definition) is 2. The summed E-state index contributed by atoms with van der Waals surface area (Å²) >= 11 is 0. The van der Waals surface area contributed by atoms with E-state index in [1.54, 1.807) is 0 Å². The van der Waals surface area contributed by atoms with Crippen molar-refractivity contribution in [2.75, 3.05) is 11.9 Å². The van der Waals surface area contributed by atoms with Crippen LogP contribution in [0.1, 0.15) is 50.8 Å². The first kappa shape index (κ1) is 14.3. The summed E-state index contributed by atoms with van der Waals surface area (Å²) < 4.78 is 0. The fourth-order valence-electron chi connectivity index (χ4n) is 2.77. The minimum absolute atomic E-state index is 0.0135. The highest BCUT2D eigenvalue weighted by Crippen LogP contribution is 2.26. The van der Waals surface area contributed by atoms with Crippen LogP contribution in [-0.2, 0) is 0 Å². The summed E-state index contributed by atoms with van der Waals surface area (Å²) in [7, 11) is 2.04. The van der Waals surface area contributed by atoms with Crippen molar-refractivity contribution in [2.45, 2.75) is 57.2 Å². The first-order chi connectivity index (χ1) is 9.13. The average molecular weight is 263 g/mol. The monoisotopic (exact) mass is 263 g/mol. The lowest BCUT2D eigenvalue weighted by molar-refractivity contribution is 0.106. The molecule has 106 valence electrons. The van der Waals surface area contributed by atoms with E-state index in [0.717, 1.165) is 37.1 Å². The van der Waals surface area contributed by atoms with Crippen LogP contribution in [0.5, 0.6) is 0 Å². The molecule has 1 aromatic heterocycles. The highest BCUT2D eigenvalue weighted by atomic mass is 16.3. The molecule has 2 rings (SSSR count). The Morgan fingerprint density at radius 1 is 1.42 bits per heavy atom. The van der Waals surface area contributed by atoms with Crippen molar-refractivity contribution in [3.05, 3.63) is 24.0 Å². The lowest BCUT2D eigenvalue weighted by Crippen LogP contribution is -2.43. The van der Waals surface area contributed by atoms with E-state index in [-0.39, 0.29) is 18.2 Å². The van der Waals surface area contributed by atoms with Gasteiger partial charge >= 0.3 is 0 Å². The average Bonchev–Trinajstić information content (AvgIpc) is 2.46. The summed E-state index contributed by atoms with van der Waals surface area (Å²) in [6, 6.07) is 4.27. The number of likely N-dealkylation sites (N-methyl/N-ethyl adjacent to an activating group) is 1. The second-order valence-electron chi connectivity index (χ2n) is 5.49. The smallest absolute Gasteiger partial charge is 0.0743 e. The molecule has 3 unspecified atom stereocenters. The van der Waals surface area contributed by atoms with Gasteiger partial charge in [0.25, 0.3) is 0 Å². The Hall–Kier alpha value is -1.13. The molecule has 19 heavy (non-hydrogen) atoms. The van der Waals surface area contributed by atoms with Crippen molar-refractivity contribution in [3.8, 4) is 0 Å².